The molecule has 2 aromatic rings. The summed E-state index contributed by atoms with van der Waals surface area (Å²) >= 11 is 2.82. The van der Waals surface area contributed by atoms with E-state index in [9.17, 15) is 8.42 Å². The molecule has 2 rings (SSSR count). The van der Waals surface area contributed by atoms with Crippen LogP contribution < -0.4 is 15.8 Å². The van der Waals surface area contributed by atoms with Gasteiger partial charge < -0.3 is 10.6 Å². The summed E-state index contributed by atoms with van der Waals surface area (Å²) in [6, 6.07) is 7.30. The van der Waals surface area contributed by atoms with Crippen molar-refractivity contribution in [1.29, 1.82) is 0 Å². The number of aliphatic imine (C=N–C) groups is 1. The number of rotatable bonds is 6. The highest BCUT2D eigenvalue weighted by molar-refractivity contribution is 14.0. The molecule has 0 radical (unpaired) electrons. The number of nitrogens with zero attached hydrogens (tertiary/aromatic N) is 1. The Labute approximate surface area is 161 Å². The van der Waals surface area contributed by atoms with Crippen molar-refractivity contribution in [2.24, 2.45) is 10.1 Å². The minimum absolute atomic E-state index is 0. The molecule has 0 saturated heterocycles. The van der Waals surface area contributed by atoms with E-state index >= 15 is 0 Å². The predicted octanol–water partition coefficient (Wildman–Crippen LogP) is 2.33. The summed E-state index contributed by atoms with van der Waals surface area (Å²) < 4.78 is 22.7. The van der Waals surface area contributed by atoms with Gasteiger partial charge >= 0.3 is 0 Å². The number of nitrogens with two attached hydrogens (primary N) is 1. The third-order valence-corrected chi connectivity index (χ3v) is 6.05. The second-order valence-electron chi connectivity index (χ2n) is 4.39. The van der Waals surface area contributed by atoms with Gasteiger partial charge in [0.05, 0.1) is 13.1 Å². The average molecular weight is 486 g/mol. The van der Waals surface area contributed by atoms with Crippen LogP contribution >= 0.6 is 46.7 Å². The third-order valence-electron chi connectivity index (χ3n) is 2.66. The minimum atomic E-state index is -3.63. The molecule has 0 unspecified atom stereocenters. The Balaban J connectivity index is 0.00000264. The third kappa shape index (κ3) is 6.75. The monoisotopic (exact) mass is 486 g/mol. The van der Waals surface area contributed by atoms with Crippen molar-refractivity contribution in [1.82, 2.24) is 10.6 Å². The second-order valence-corrected chi connectivity index (χ2v) is 8.38. The van der Waals surface area contributed by atoms with Gasteiger partial charge in [-0.15, -0.1) is 46.7 Å². The first-order valence-electron chi connectivity index (χ1n) is 6.65. The zero-order chi connectivity index (χ0) is 16.0. The molecule has 4 N–H and O–H groups in total. The lowest BCUT2D eigenvalue weighted by molar-refractivity contribution is 0.600. The van der Waals surface area contributed by atoms with E-state index in [1.54, 1.807) is 17.4 Å². The molecule has 0 amide bonds. The highest BCUT2D eigenvalue weighted by Crippen LogP contribution is 2.20. The smallest absolute Gasteiger partial charge is 0.247 e. The van der Waals surface area contributed by atoms with Crippen molar-refractivity contribution in [3.63, 3.8) is 0 Å². The number of guanidine groups is 1. The Morgan fingerprint density at radius 1 is 1.26 bits per heavy atom. The highest BCUT2D eigenvalue weighted by Gasteiger charge is 2.11. The average Bonchev–Trinajstić information content (AvgIpc) is 3.12. The SMILES string of the molecule is CCNC(=NCc1ccc(S(N)(=O)=O)s1)NCc1cccs1.I. The van der Waals surface area contributed by atoms with Gasteiger partial charge in [-0.25, -0.2) is 18.5 Å². The van der Waals surface area contributed by atoms with Crippen molar-refractivity contribution in [2.45, 2.75) is 24.2 Å². The van der Waals surface area contributed by atoms with Crippen LogP contribution in [0.2, 0.25) is 0 Å². The second kappa shape index (κ2) is 9.57. The van der Waals surface area contributed by atoms with E-state index in [0.717, 1.165) is 22.8 Å². The van der Waals surface area contributed by atoms with Crippen LogP contribution in [0.15, 0.2) is 38.8 Å². The normalized spacial score (nSPS) is 11.8. The Morgan fingerprint density at radius 3 is 2.61 bits per heavy atom. The van der Waals surface area contributed by atoms with Crippen LogP contribution in [-0.2, 0) is 23.1 Å². The summed E-state index contributed by atoms with van der Waals surface area (Å²) in [5.74, 6) is 0.696. The predicted molar refractivity (Wildman–Crippen MR) is 107 cm³/mol. The first-order valence-corrected chi connectivity index (χ1v) is 9.89. The first kappa shape index (κ1) is 20.4. The van der Waals surface area contributed by atoms with Gasteiger partial charge in [-0.3, -0.25) is 0 Å². The van der Waals surface area contributed by atoms with Gasteiger partial charge in [0, 0.05) is 16.3 Å². The van der Waals surface area contributed by atoms with E-state index in [2.05, 4.69) is 21.7 Å². The van der Waals surface area contributed by atoms with Gasteiger partial charge in [-0.2, -0.15) is 0 Å². The summed E-state index contributed by atoms with van der Waals surface area (Å²) in [5.41, 5.74) is 0. The molecule has 6 nitrogen and oxygen atoms in total. The highest BCUT2D eigenvalue weighted by atomic mass is 127. The van der Waals surface area contributed by atoms with Crippen molar-refractivity contribution >= 4 is 62.6 Å². The number of hydrogen-bond donors (Lipinski definition) is 3. The van der Waals surface area contributed by atoms with Crippen LogP contribution in [-0.4, -0.2) is 20.9 Å². The molecule has 0 aromatic carbocycles. The van der Waals surface area contributed by atoms with Crippen molar-refractivity contribution < 1.29 is 8.42 Å². The van der Waals surface area contributed by atoms with Gasteiger partial charge in [-0.1, -0.05) is 6.07 Å². The Kier molecular flexibility index (Phi) is 8.47. The number of hydrogen-bond acceptors (Lipinski definition) is 5. The fourth-order valence-electron chi connectivity index (χ4n) is 1.68. The van der Waals surface area contributed by atoms with Crippen LogP contribution in [0.25, 0.3) is 0 Å². The first-order chi connectivity index (χ1) is 10.5. The number of nitrogens with one attached hydrogen (secondary N) is 2. The fourth-order valence-corrected chi connectivity index (χ4v) is 4.03. The van der Waals surface area contributed by atoms with Gasteiger partial charge in [0.2, 0.25) is 10.0 Å². The molecule has 0 bridgehead atoms. The fraction of sp³-hybridized carbons (Fsp3) is 0.308. The maximum absolute atomic E-state index is 11.2. The molecule has 0 aliphatic heterocycles. The minimum Gasteiger partial charge on any atom is -0.357 e. The van der Waals surface area contributed by atoms with E-state index in [0.29, 0.717) is 19.0 Å². The lowest BCUT2D eigenvalue weighted by Crippen LogP contribution is -2.36. The van der Waals surface area contributed by atoms with Gasteiger partial charge in [0.1, 0.15) is 4.21 Å². The molecule has 0 saturated carbocycles. The van der Waals surface area contributed by atoms with E-state index < -0.39 is 10.0 Å². The molecule has 0 spiro atoms. The molecule has 0 fully saturated rings. The maximum Gasteiger partial charge on any atom is 0.247 e. The van der Waals surface area contributed by atoms with Crippen molar-refractivity contribution in [3.05, 3.63) is 39.4 Å². The number of thiophene rings is 2. The van der Waals surface area contributed by atoms with Crippen LogP contribution in [0.3, 0.4) is 0 Å². The van der Waals surface area contributed by atoms with Crippen LogP contribution in [0.1, 0.15) is 16.7 Å². The molecule has 23 heavy (non-hydrogen) atoms. The lowest BCUT2D eigenvalue weighted by Gasteiger charge is -2.10. The quantitative estimate of drug-likeness (QED) is 0.332. The van der Waals surface area contributed by atoms with Gasteiger partial charge in [0.15, 0.2) is 5.96 Å². The summed E-state index contributed by atoms with van der Waals surface area (Å²) in [4.78, 5) is 6.52. The zero-order valence-corrected chi connectivity index (χ0v) is 17.3. The number of halogens is 1. The Hall–Kier alpha value is -0.690. The molecule has 128 valence electrons. The molecule has 10 heteroatoms. The standard InChI is InChI=1S/C13H18N4O2S3.HI/c1-2-15-13(16-8-10-4-3-7-20-10)17-9-11-5-6-12(21-11)22(14,18)19;/h3-7H,2,8-9H2,1H3,(H2,14,18,19)(H2,15,16,17);1H. The Bertz CT molecular complexity index is 726. The molecular formula is C13H19IN4O2S3. The molecule has 2 aromatic heterocycles. The number of primary sulfonamides is 1. The van der Waals surface area contributed by atoms with Crippen molar-refractivity contribution in [3.8, 4) is 0 Å². The molecule has 0 atom stereocenters. The van der Waals surface area contributed by atoms with Crippen LogP contribution in [0.5, 0.6) is 0 Å². The van der Waals surface area contributed by atoms with E-state index in [1.165, 1.54) is 10.9 Å². The zero-order valence-electron chi connectivity index (χ0n) is 12.5. The van der Waals surface area contributed by atoms with E-state index in [4.69, 9.17) is 5.14 Å². The maximum atomic E-state index is 11.2. The van der Waals surface area contributed by atoms with E-state index in [-0.39, 0.29) is 28.2 Å². The van der Waals surface area contributed by atoms with E-state index in [1.807, 2.05) is 18.4 Å². The Morgan fingerprint density at radius 2 is 2.04 bits per heavy atom. The molecular weight excluding hydrogens is 467 g/mol. The largest absolute Gasteiger partial charge is 0.357 e. The van der Waals surface area contributed by atoms with Crippen LogP contribution in [0, 0.1) is 0 Å². The lowest BCUT2D eigenvalue weighted by atomic mass is 10.4. The topological polar surface area (TPSA) is 96.6 Å². The summed E-state index contributed by atoms with van der Waals surface area (Å²) in [6.45, 7) is 3.85. The molecule has 0 aliphatic rings. The number of sulfonamides is 1. The summed E-state index contributed by atoms with van der Waals surface area (Å²) in [5, 5.41) is 13.5. The van der Waals surface area contributed by atoms with Gasteiger partial charge in [-0.05, 0) is 30.5 Å². The molecule has 0 aliphatic carbocycles. The molecule has 2 heterocycles. The van der Waals surface area contributed by atoms with Crippen LogP contribution in [0.4, 0.5) is 0 Å². The van der Waals surface area contributed by atoms with Gasteiger partial charge in [0.25, 0.3) is 0 Å². The van der Waals surface area contributed by atoms with Crippen molar-refractivity contribution in [2.75, 3.05) is 6.54 Å². The summed E-state index contributed by atoms with van der Waals surface area (Å²) in [6.07, 6.45) is 0. The summed E-state index contributed by atoms with van der Waals surface area (Å²) in [7, 11) is -3.63.